The molecule has 2 aliphatic heterocycles. The van der Waals surface area contributed by atoms with Gasteiger partial charge in [-0.15, -0.1) is 34.0 Å². The van der Waals surface area contributed by atoms with Crippen LogP contribution in [-0.4, -0.2) is 62.7 Å². The Morgan fingerprint density at radius 3 is 1.44 bits per heavy atom. The van der Waals surface area contributed by atoms with Gasteiger partial charge in [-0.3, -0.25) is 4.57 Å². The average molecular weight is 414 g/mol. The molecule has 2 aliphatic rings. The van der Waals surface area contributed by atoms with Crippen LogP contribution < -0.4 is 0 Å². The normalized spacial score (nSPS) is 22.3. The fraction of sp³-hybridized carbons (Fsp3) is 1.00. The summed E-state index contributed by atoms with van der Waals surface area (Å²) in [5.74, 6) is 0. The Labute approximate surface area is 128 Å². The average Bonchev–Trinajstić information content (AvgIpc) is 2.31. The minimum absolute atomic E-state index is 0. The molecule has 2 rings (SSSR count). The second kappa shape index (κ2) is 10.7. The molecule has 2 saturated heterocycles. The molecule has 10 heteroatoms. The standard InChI is InChI=1S/C8H17N2O5P.2BrH/c11-16(14-9-1-5-12-6-2-9)15-10-3-7-13-8-4-10;;/h16H,1-8H2;2*1H. The van der Waals surface area contributed by atoms with Crippen LogP contribution in [-0.2, 0) is 23.3 Å². The molecule has 0 unspecified atom stereocenters. The van der Waals surface area contributed by atoms with E-state index in [4.69, 9.17) is 18.7 Å². The number of nitrogens with zero attached hydrogens (tertiary/aromatic N) is 2. The third-order valence-corrected chi connectivity index (χ3v) is 3.16. The van der Waals surface area contributed by atoms with E-state index in [1.54, 1.807) is 10.1 Å². The van der Waals surface area contributed by atoms with Crippen LogP contribution in [0.5, 0.6) is 0 Å². The van der Waals surface area contributed by atoms with Crippen LogP contribution in [0.1, 0.15) is 0 Å². The third kappa shape index (κ3) is 6.93. The van der Waals surface area contributed by atoms with Crippen LogP contribution in [0, 0.1) is 0 Å². The second-order valence-corrected chi connectivity index (χ2v) is 4.38. The molecule has 2 fully saturated rings. The van der Waals surface area contributed by atoms with Gasteiger partial charge in [0.05, 0.1) is 26.4 Å². The number of hydroxylamine groups is 4. The molecule has 2 heterocycles. The molecule has 0 atom stereocenters. The van der Waals surface area contributed by atoms with Crippen molar-refractivity contribution in [2.24, 2.45) is 0 Å². The minimum Gasteiger partial charge on any atom is -0.379 e. The summed E-state index contributed by atoms with van der Waals surface area (Å²) >= 11 is 0. The molecule has 0 bridgehead atoms. The Morgan fingerprint density at radius 1 is 0.778 bits per heavy atom. The molecule has 110 valence electrons. The summed E-state index contributed by atoms with van der Waals surface area (Å²) in [4.78, 5) is 0. The maximum absolute atomic E-state index is 11.6. The molecule has 0 saturated carbocycles. The van der Waals surface area contributed by atoms with E-state index in [1.807, 2.05) is 0 Å². The maximum Gasteiger partial charge on any atom is 0.352 e. The SMILES string of the molecule is Br.Br.O=[PH](ON1CCOCC1)ON1CCOCC1. The van der Waals surface area contributed by atoms with Crippen molar-refractivity contribution in [2.75, 3.05) is 52.6 Å². The molecule has 0 radical (unpaired) electrons. The summed E-state index contributed by atoms with van der Waals surface area (Å²) in [6.45, 7) is 4.93. The Balaban J connectivity index is 0.00000144. The van der Waals surface area contributed by atoms with E-state index >= 15 is 0 Å². The van der Waals surface area contributed by atoms with Crippen molar-refractivity contribution in [3.05, 3.63) is 0 Å². The van der Waals surface area contributed by atoms with Crippen molar-refractivity contribution in [1.29, 1.82) is 0 Å². The van der Waals surface area contributed by atoms with E-state index in [0.29, 0.717) is 52.6 Å². The van der Waals surface area contributed by atoms with Crippen molar-refractivity contribution in [3.8, 4) is 0 Å². The predicted molar refractivity (Wildman–Crippen MR) is 76.6 cm³/mol. The third-order valence-electron chi connectivity index (χ3n) is 2.35. The number of halogens is 2. The molecule has 0 aliphatic carbocycles. The lowest BCUT2D eigenvalue weighted by atomic mass is 10.5. The first-order valence-electron chi connectivity index (χ1n) is 5.40. The Kier molecular flexibility index (Phi) is 11.3. The van der Waals surface area contributed by atoms with Gasteiger partial charge in [-0.1, -0.05) is 0 Å². The smallest absolute Gasteiger partial charge is 0.352 e. The highest BCUT2D eigenvalue weighted by Crippen LogP contribution is 2.27. The molecule has 0 spiro atoms. The van der Waals surface area contributed by atoms with Crippen LogP contribution >= 0.6 is 42.2 Å². The molecular formula is C8H19Br2N2O5P. The zero-order chi connectivity index (χ0) is 11.2. The van der Waals surface area contributed by atoms with E-state index in [9.17, 15) is 4.57 Å². The van der Waals surface area contributed by atoms with Crippen molar-refractivity contribution >= 4 is 42.2 Å². The first-order chi connectivity index (χ1) is 7.84. The van der Waals surface area contributed by atoms with Gasteiger partial charge >= 0.3 is 8.25 Å². The van der Waals surface area contributed by atoms with Crippen molar-refractivity contribution in [1.82, 2.24) is 10.1 Å². The molecule has 0 N–H and O–H groups in total. The number of hydrogen-bond acceptors (Lipinski definition) is 7. The zero-order valence-electron chi connectivity index (χ0n) is 9.91. The van der Waals surface area contributed by atoms with E-state index < -0.39 is 8.25 Å². The first-order valence-corrected chi connectivity index (χ1v) is 6.62. The summed E-state index contributed by atoms with van der Waals surface area (Å²) in [6.07, 6.45) is 0. The molecule has 0 aromatic carbocycles. The number of ether oxygens (including phenoxy) is 2. The van der Waals surface area contributed by atoms with Crippen molar-refractivity contribution in [3.63, 3.8) is 0 Å². The molecule has 0 aromatic heterocycles. The van der Waals surface area contributed by atoms with Gasteiger partial charge in [0.1, 0.15) is 0 Å². The summed E-state index contributed by atoms with van der Waals surface area (Å²) < 4.78 is 32.2. The summed E-state index contributed by atoms with van der Waals surface area (Å²) in [7, 11) is -2.50. The lowest BCUT2D eigenvalue weighted by Gasteiger charge is -2.28. The van der Waals surface area contributed by atoms with E-state index in [1.165, 1.54) is 0 Å². The maximum atomic E-state index is 11.6. The van der Waals surface area contributed by atoms with Gasteiger partial charge in [0.25, 0.3) is 0 Å². The summed E-state index contributed by atoms with van der Waals surface area (Å²) in [5, 5.41) is 3.26. The lowest BCUT2D eigenvalue weighted by Crippen LogP contribution is -2.37. The van der Waals surface area contributed by atoms with Gasteiger partial charge in [0.15, 0.2) is 0 Å². The van der Waals surface area contributed by atoms with Crippen molar-refractivity contribution < 1.29 is 23.3 Å². The fourth-order valence-electron chi connectivity index (χ4n) is 1.50. The highest BCUT2D eigenvalue weighted by molar-refractivity contribution is 8.93. The molecule has 0 amide bonds. The molecule has 7 nitrogen and oxygen atoms in total. The zero-order valence-corrected chi connectivity index (χ0v) is 14.3. The first kappa shape index (κ1) is 18.9. The van der Waals surface area contributed by atoms with Crippen LogP contribution in [0.3, 0.4) is 0 Å². The van der Waals surface area contributed by atoms with Crippen LogP contribution in [0.2, 0.25) is 0 Å². The molecular weight excluding hydrogens is 395 g/mol. The van der Waals surface area contributed by atoms with E-state index in [2.05, 4.69) is 0 Å². The molecule has 18 heavy (non-hydrogen) atoms. The number of morpholine rings is 2. The number of hydrogen-bond donors (Lipinski definition) is 0. The quantitative estimate of drug-likeness (QED) is 0.638. The highest BCUT2D eigenvalue weighted by Gasteiger charge is 2.18. The fourth-order valence-corrected chi connectivity index (χ4v) is 2.32. The van der Waals surface area contributed by atoms with Gasteiger partial charge < -0.3 is 9.47 Å². The van der Waals surface area contributed by atoms with E-state index in [0.717, 1.165) is 0 Å². The Morgan fingerprint density at radius 2 is 1.11 bits per heavy atom. The van der Waals surface area contributed by atoms with Crippen molar-refractivity contribution in [2.45, 2.75) is 0 Å². The molecule has 0 aromatic rings. The minimum atomic E-state index is -2.50. The second-order valence-electron chi connectivity index (χ2n) is 3.52. The van der Waals surface area contributed by atoms with Gasteiger partial charge in [0.2, 0.25) is 0 Å². The van der Waals surface area contributed by atoms with Crippen LogP contribution in [0.15, 0.2) is 0 Å². The van der Waals surface area contributed by atoms with Gasteiger partial charge in [-0.2, -0.15) is 10.1 Å². The summed E-state index contributed by atoms with van der Waals surface area (Å²) in [5.41, 5.74) is 0. The Hall–Kier alpha value is 0.950. The summed E-state index contributed by atoms with van der Waals surface area (Å²) in [6, 6.07) is 0. The highest BCUT2D eigenvalue weighted by atomic mass is 79.9. The topological polar surface area (TPSA) is 60.5 Å². The number of rotatable bonds is 4. The monoisotopic (exact) mass is 412 g/mol. The Bertz CT molecular complexity index is 218. The largest absolute Gasteiger partial charge is 0.379 e. The van der Waals surface area contributed by atoms with E-state index in [-0.39, 0.29) is 34.0 Å². The van der Waals surface area contributed by atoms with Crippen LogP contribution in [0.4, 0.5) is 0 Å². The van der Waals surface area contributed by atoms with Gasteiger partial charge in [0, 0.05) is 26.2 Å². The van der Waals surface area contributed by atoms with Gasteiger partial charge in [-0.05, 0) is 0 Å². The lowest BCUT2D eigenvalue weighted by molar-refractivity contribution is -0.159. The van der Waals surface area contributed by atoms with Gasteiger partial charge in [-0.25, -0.2) is 9.25 Å². The predicted octanol–water partition coefficient (Wildman–Crippen LogP) is 1.06. The van der Waals surface area contributed by atoms with Crippen LogP contribution in [0.25, 0.3) is 0 Å².